The highest BCUT2D eigenvalue weighted by Crippen LogP contribution is 2.12. The highest BCUT2D eigenvalue weighted by molar-refractivity contribution is 6.36. The molecule has 0 aromatic heterocycles. The first kappa shape index (κ1) is 8.34. The molecule has 0 aromatic carbocycles. The van der Waals surface area contributed by atoms with E-state index in [2.05, 4.69) is 0 Å². The molecular formula is C6H9Cl2NO. The van der Waals surface area contributed by atoms with E-state index in [-0.39, 0.29) is 6.10 Å². The number of nitrogens with zero attached hydrogens (tertiary/aromatic N) is 1. The van der Waals surface area contributed by atoms with Crippen molar-refractivity contribution in [1.29, 1.82) is 0 Å². The van der Waals surface area contributed by atoms with Crippen molar-refractivity contribution in [3.63, 3.8) is 0 Å². The van der Waals surface area contributed by atoms with Crippen molar-refractivity contribution in [2.45, 2.75) is 6.10 Å². The van der Waals surface area contributed by atoms with Crippen molar-refractivity contribution in [3.8, 4) is 0 Å². The van der Waals surface area contributed by atoms with Gasteiger partial charge in [0.05, 0.1) is 6.10 Å². The van der Waals surface area contributed by atoms with Gasteiger partial charge in [0.15, 0.2) is 0 Å². The summed E-state index contributed by atoms with van der Waals surface area (Å²) in [6, 6.07) is 0. The largest absolute Gasteiger partial charge is 0.390 e. The summed E-state index contributed by atoms with van der Waals surface area (Å²) in [7, 11) is 0. The quantitative estimate of drug-likeness (QED) is 0.688. The molecule has 0 amide bonds. The normalized spacial score (nSPS) is 22.9. The van der Waals surface area contributed by atoms with Crippen LogP contribution in [-0.4, -0.2) is 35.7 Å². The molecule has 0 spiro atoms. The van der Waals surface area contributed by atoms with Crippen LogP contribution in [0.3, 0.4) is 0 Å². The van der Waals surface area contributed by atoms with Crippen LogP contribution in [0, 0.1) is 0 Å². The highest BCUT2D eigenvalue weighted by Gasteiger charge is 2.23. The van der Waals surface area contributed by atoms with E-state index in [0.29, 0.717) is 24.7 Å². The van der Waals surface area contributed by atoms with E-state index in [4.69, 9.17) is 28.3 Å². The molecule has 58 valence electrons. The summed E-state index contributed by atoms with van der Waals surface area (Å²) in [4.78, 5) is 2.02. The molecular weight excluding hydrogens is 173 g/mol. The summed E-state index contributed by atoms with van der Waals surface area (Å²) in [6.45, 7) is 2.07. The van der Waals surface area contributed by atoms with Crippen molar-refractivity contribution in [3.05, 3.63) is 10.6 Å². The Morgan fingerprint density at radius 2 is 2.30 bits per heavy atom. The van der Waals surface area contributed by atoms with E-state index >= 15 is 0 Å². The predicted molar refractivity (Wildman–Crippen MR) is 42.2 cm³/mol. The average Bonchev–Trinajstić information content (AvgIpc) is 1.84. The van der Waals surface area contributed by atoms with Crippen LogP contribution < -0.4 is 0 Å². The molecule has 0 saturated carbocycles. The monoisotopic (exact) mass is 181 g/mol. The molecule has 0 radical (unpaired) electrons. The Balaban J connectivity index is 2.16. The summed E-state index contributed by atoms with van der Waals surface area (Å²) in [5.41, 5.74) is 1.35. The average molecular weight is 182 g/mol. The minimum absolute atomic E-state index is 0.167. The second kappa shape index (κ2) is 3.58. The van der Waals surface area contributed by atoms with Gasteiger partial charge >= 0.3 is 0 Å². The van der Waals surface area contributed by atoms with Gasteiger partial charge in [0.1, 0.15) is 0 Å². The maximum Gasteiger partial charge on any atom is 0.0794 e. The molecule has 0 atom stereocenters. The lowest BCUT2D eigenvalue weighted by atomic mass is 10.2. The van der Waals surface area contributed by atoms with Gasteiger partial charge in [0.2, 0.25) is 0 Å². The molecule has 1 N–H and O–H groups in total. The molecule has 2 nitrogen and oxygen atoms in total. The molecule has 10 heavy (non-hydrogen) atoms. The van der Waals surface area contributed by atoms with E-state index in [1.165, 1.54) is 5.54 Å². The molecule has 0 bridgehead atoms. The number of halogens is 2. The van der Waals surface area contributed by atoms with Gasteiger partial charge in [-0.2, -0.15) is 0 Å². The van der Waals surface area contributed by atoms with E-state index in [1.807, 2.05) is 4.90 Å². The lowest BCUT2D eigenvalue weighted by molar-refractivity contribution is 0.00924. The van der Waals surface area contributed by atoms with Gasteiger partial charge in [-0.1, -0.05) is 23.2 Å². The van der Waals surface area contributed by atoms with Crippen LogP contribution in [0.2, 0.25) is 0 Å². The van der Waals surface area contributed by atoms with Crippen molar-refractivity contribution in [2.75, 3.05) is 19.6 Å². The fraction of sp³-hybridized carbons (Fsp3) is 0.667. The second-order valence-electron chi connectivity index (χ2n) is 2.40. The summed E-state index contributed by atoms with van der Waals surface area (Å²) >= 11 is 11.0. The lowest BCUT2D eigenvalue weighted by Gasteiger charge is -2.35. The molecule has 1 heterocycles. The van der Waals surface area contributed by atoms with Crippen molar-refractivity contribution in [2.24, 2.45) is 0 Å². The highest BCUT2D eigenvalue weighted by atomic mass is 35.5. The maximum atomic E-state index is 8.87. The van der Waals surface area contributed by atoms with E-state index in [9.17, 15) is 0 Å². The minimum Gasteiger partial charge on any atom is -0.390 e. The van der Waals surface area contributed by atoms with Gasteiger partial charge < -0.3 is 5.11 Å². The maximum absolute atomic E-state index is 8.87. The Bertz CT molecular complexity index is 143. The first-order valence-electron chi connectivity index (χ1n) is 3.07. The van der Waals surface area contributed by atoms with Crippen LogP contribution in [0.4, 0.5) is 0 Å². The molecule has 0 aliphatic carbocycles. The van der Waals surface area contributed by atoms with Crippen LogP contribution in [-0.2, 0) is 0 Å². The molecule has 1 aliphatic heterocycles. The lowest BCUT2D eigenvalue weighted by Crippen LogP contribution is -2.50. The zero-order chi connectivity index (χ0) is 7.56. The van der Waals surface area contributed by atoms with Gasteiger partial charge in [-0.25, -0.2) is 0 Å². The summed E-state index contributed by atoms with van der Waals surface area (Å²) < 4.78 is 0. The Kier molecular flexibility index (Phi) is 2.98. The Hall–Kier alpha value is 0.240. The zero-order valence-electron chi connectivity index (χ0n) is 5.43. The Labute approximate surface area is 70.0 Å². The summed E-state index contributed by atoms with van der Waals surface area (Å²) in [5.74, 6) is 0. The fourth-order valence-corrected chi connectivity index (χ4v) is 1.16. The standard InChI is InChI=1S/C6H9Cl2NO/c7-1-5(8)2-9-3-6(10)4-9/h1,6,10H,2-4H2. The van der Waals surface area contributed by atoms with Gasteiger partial charge in [0.25, 0.3) is 0 Å². The molecule has 1 rings (SSSR count). The third kappa shape index (κ3) is 2.13. The number of hydrogen-bond acceptors (Lipinski definition) is 2. The number of likely N-dealkylation sites (tertiary alicyclic amines) is 1. The first-order valence-corrected chi connectivity index (χ1v) is 3.89. The minimum atomic E-state index is -0.167. The van der Waals surface area contributed by atoms with E-state index < -0.39 is 0 Å². The van der Waals surface area contributed by atoms with Crippen LogP contribution in [0.1, 0.15) is 0 Å². The van der Waals surface area contributed by atoms with Crippen LogP contribution >= 0.6 is 23.2 Å². The third-order valence-electron chi connectivity index (χ3n) is 1.43. The topological polar surface area (TPSA) is 23.5 Å². The Morgan fingerprint density at radius 1 is 1.70 bits per heavy atom. The molecule has 0 aromatic rings. The summed E-state index contributed by atoms with van der Waals surface area (Å²) in [6.07, 6.45) is -0.167. The van der Waals surface area contributed by atoms with E-state index in [0.717, 1.165) is 0 Å². The van der Waals surface area contributed by atoms with Crippen LogP contribution in [0.15, 0.2) is 10.6 Å². The SMILES string of the molecule is OC1CN(CC(Cl)=CCl)C1. The van der Waals surface area contributed by atoms with Crippen LogP contribution in [0.5, 0.6) is 0 Å². The zero-order valence-corrected chi connectivity index (χ0v) is 6.94. The first-order chi connectivity index (χ1) is 4.72. The van der Waals surface area contributed by atoms with Crippen molar-refractivity contribution >= 4 is 23.2 Å². The molecule has 0 unspecified atom stereocenters. The van der Waals surface area contributed by atoms with E-state index in [1.54, 1.807) is 0 Å². The number of rotatable bonds is 2. The number of aliphatic hydroxyl groups is 1. The molecule has 4 heteroatoms. The molecule has 1 aliphatic rings. The Morgan fingerprint density at radius 3 is 2.70 bits per heavy atom. The summed E-state index contributed by atoms with van der Waals surface area (Å²) in [5, 5.41) is 9.49. The number of aliphatic hydroxyl groups excluding tert-OH is 1. The van der Waals surface area contributed by atoms with Gasteiger partial charge in [-0.15, -0.1) is 0 Å². The smallest absolute Gasteiger partial charge is 0.0794 e. The predicted octanol–water partition coefficient (Wildman–Crippen LogP) is 0.982. The van der Waals surface area contributed by atoms with Gasteiger partial charge in [-0.05, 0) is 0 Å². The van der Waals surface area contributed by atoms with Crippen molar-refractivity contribution < 1.29 is 5.11 Å². The fourth-order valence-electron chi connectivity index (χ4n) is 0.920. The van der Waals surface area contributed by atoms with Gasteiger partial charge in [0, 0.05) is 30.2 Å². The number of β-amino-alcohol motifs (C(OH)–C–C–N with tert-alkyl or cyclic N) is 1. The molecule has 1 fully saturated rings. The van der Waals surface area contributed by atoms with Gasteiger partial charge in [-0.3, -0.25) is 4.90 Å². The molecule has 1 saturated heterocycles. The third-order valence-corrected chi connectivity index (χ3v) is 2.03. The second-order valence-corrected chi connectivity index (χ2v) is 3.11. The van der Waals surface area contributed by atoms with Crippen LogP contribution in [0.25, 0.3) is 0 Å². The number of hydrogen-bond donors (Lipinski definition) is 1. The van der Waals surface area contributed by atoms with Crippen molar-refractivity contribution in [1.82, 2.24) is 4.90 Å².